The van der Waals surface area contributed by atoms with Gasteiger partial charge in [0.25, 0.3) is 0 Å². The fourth-order valence-electron chi connectivity index (χ4n) is 2.50. The molecule has 0 spiro atoms. The SMILES string of the molecule is Cc1ccn2c(CNc3ccc(C)c(NS(C)(=O)=O)c3)cnc2c1. The Bertz CT molecular complexity index is 993. The summed E-state index contributed by atoms with van der Waals surface area (Å²) in [7, 11) is -3.30. The summed E-state index contributed by atoms with van der Waals surface area (Å²) in [6.07, 6.45) is 4.99. The number of sulfonamides is 1. The number of hydrogen-bond donors (Lipinski definition) is 2. The summed E-state index contributed by atoms with van der Waals surface area (Å²) in [6, 6.07) is 9.68. The van der Waals surface area contributed by atoms with Crippen molar-refractivity contribution >= 4 is 27.0 Å². The Labute approximate surface area is 141 Å². The van der Waals surface area contributed by atoms with Gasteiger partial charge in [0, 0.05) is 11.9 Å². The van der Waals surface area contributed by atoms with Gasteiger partial charge >= 0.3 is 0 Å². The third-order valence-electron chi connectivity index (χ3n) is 3.75. The Morgan fingerprint density at radius 3 is 2.71 bits per heavy atom. The number of nitrogens with one attached hydrogen (secondary N) is 2. The van der Waals surface area contributed by atoms with E-state index in [2.05, 4.69) is 15.0 Å². The molecule has 24 heavy (non-hydrogen) atoms. The van der Waals surface area contributed by atoms with Crippen LogP contribution in [-0.4, -0.2) is 24.1 Å². The van der Waals surface area contributed by atoms with Crippen molar-refractivity contribution in [3.8, 4) is 0 Å². The van der Waals surface area contributed by atoms with E-state index in [1.807, 2.05) is 54.9 Å². The molecular weight excluding hydrogens is 324 g/mol. The van der Waals surface area contributed by atoms with Crippen LogP contribution in [-0.2, 0) is 16.6 Å². The van der Waals surface area contributed by atoms with Gasteiger partial charge in [0.1, 0.15) is 5.65 Å². The first-order chi connectivity index (χ1) is 11.3. The fourth-order valence-corrected chi connectivity index (χ4v) is 3.12. The molecule has 6 nitrogen and oxygen atoms in total. The van der Waals surface area contributed by atoms with E-state index in [9.17, 15) is 8.42 Å². The second-order valence-electron chi connectivity index (χ2n) is 5.94. The number of anilines is 2. The van der Waals surface area contributed by atoms with E-state index in [1.165, 1.54) is 5.56 Å². The van der Waals surface area contributed by atoms with Crippen LogP contribution in [0.15, 0.2) is 42.7 Å². The number of hydrogen-bond acceptors (Lipinski definition) is 4. The van der Waals surface area contributed by atoms with Gasteiger partial charge in [0.05, 0.1) is 30.4 Å². The minimum absolute atomic E-state index is 0.580. The summed E-state index contributed by atoms with van der Waals surface area (Å²) in [5.41, 5.74) is 5.40. The third kappa shape index (κ3) is 3.68. The standard InChI is InChI=1S/C17H20N4O2S/c1-12-6-7-21-15(11-19-17(21)8-12)10-18-14-5-4-13(2)16(9-14)20-24(3,22)23/h4-9,11,18,20H,10H2,1-3H3. The lowest BCUT2D eigenvalue weighted by Gasteiger charge is -2.12. The molecule has 3 rings (SSSR count). The molecular formula is C17H20N4O2S. The average molecular weight is 344 g/mol. The predicted octanol–water partition coefficient (Wildman–Crippen LogP) is 2.93. The molecule has 1 aromatic carbocycles. The number of nitrogens with zero attached hydrogens (tertiary/aromatic N) is 2. The minimum Gasteiger partial charge on any atom is -0.379 e. The molecule has 0 atom stereocenters. The molecule has 0 aliphatic heterocycles. The lowest BCUT2D eigenvalue weighted by Crippen LogP contribution is -2.11. The molecule has 0 fully saturated rings. The predicted molar refractivity (Wildman–Crippen MR) is 96.9 cm³/mol. The maximum Gasteiger partial charge on any atom is 0.229 e. The van der Waals surface area contributed by atoms with Gasteiger partial charge in [-0.25, -0.2) is 13.4 Å². The monoisotopic (exact) mass is 344 g/mol. The molecule has 3 aromatic rings. The van der Waals surface area contributed by atoms with Crippen molar-refractivity contribution in [2.75, 3.05) is 16.3 Å². The van der Waals surface area contributed by atoms with Crippen LogP contribution in [0.25, 0.3) is 5.65 Å². The summed E-state index contributed by atoms with van der Waals surface area (Å²) in [4.78, 5) is 4.40. The topological polar surface area (TPSA) is 75.5 Å². The van der Waals surface area contributed by atoms with Crippen LogP contribution in [0.3, 0.4) is 0 Å². The lowest BCUT2D eigenvalue weighted by atomic mass is 10.2. The Kier molecular flexibility index (Phi) is 4.19. The molecule has 2 heterocycles. The highest BCUT2D eigenvalue weighted by Gasteiger charge is 2.07. The zero-order valence-electron chi connectivity index (χ0n) is 13.9. The fraction of sp³-hybridized carbons (Fsp3) is 0.235. The third-order valence-corrected chi connectivity index (χ3v) is 4.34. The minimum atomic E-state index is -3.30. The number of pyridine rings is 1. The smallest absolute Gasteiger partial charge is 0.229 e. The molecule has 0 radical (unpaired) electrons. The van der Waals surface area contributed by atoms with E-state index in [4.69, 9.17) is 0 Å². The number of fused-ring (bicyclic) bond motifs is 1. The zero-order chi connectivity index (χ0) is 17.3. The Morgan fingerprint density at radius 2 is 1.96 bits per heavy atom. The lowest BCUT2D eigenvalue weighted by molar-refractivity contribution is 0.607. The van der Waals surface area contributed by atoms with Crippen LogP contribution in [0, 0.1) is 13.8 Å². The van der Waals surface area contributed by atoms with Gasteiger partial charge < -0.3 is 9.72 Å². The van der Waals surface area contributed by atoms with Gasteiger partial charge in [-0.05, 0) is 49.2 Å². The van der Waals surface area contributed by atoms with E-state index < -0.39 is 10.0 Å². The highest BCUT2D eigenvalue weighted by Crippen LogP contribution is 2.22. The van der Waals surface area contributed by atoms with E-state index in [-0.39, 0.29) is 0 Å². The number of benzene rings is 1. The molecule has 0 saturated heterocycles. The van der Waals surface area contributed by atoms with Crippen molar-refractivity contribution in [1.29, 1.82) is 0 Å². The van der Waals surface area contributed by atoms with Gasteiger partial charge in [-0.1, -0.05) is 6.07 Å². The molecule has 7 heteroatoms. The summed E-state index contributed by atoms with van der Waals surface area (Å²) in [5, 5.41) is 3.31. The van der Waals surface area contributed by atoms with Gasteiger partial charge in [0.2, 0.25) is 10.0 Å². The van der Waals surface area contributed by atoms with E-state index in [0.29, 0.717) is 12.2 Å². The van der Waals surface area contributed by atoms with E-state index in [0.717, 1.165) is 28.8 Å². The molecule has 2 N–H and O–H groups in total. The van der Waals surface area contributed by atoms with Crippen LogP contribution in [0.5, 0.6) is 0 Å². The molecule has 0 bridgehead atoms. The molecule has 0 unspecified atom stereocenters. The molecule has 2 aromatic heterocycles. The highest BCUT2D eigenvalue weighted by atomic mass is 32.2. The summed E-state index contributed by atoms with van der Waals surface area (Å²) < 4.78 is 27.4. The second-order valence-corrected chi connectivity index (χ2v) is 7.69. The van der Waals surface area contributed by atoms with Crippen LogP contribution in [0.1, 0.15) is 16.8 Å². The van der Waals surface area contributed by atoms with Gasteiger partial charge in [-0.3, -0.25) is 4.72 Å². The summed E-state index contributed by atoms with van der Waals surface area (Å²) in [6.45, 7) is 4.49. The van der Waals surface area contributed by atoms with Crippen LogP contribution >= 0.6 is 0 Å². The molecule has 0 amide bonds. The Balaban J connectivity index is 1.80. The quantitative estimate of drug-likeness (QED) is 0.746. The second kappa shape index (κ2) is 6.16. The Hall–Kier alpha value is -2.54. The first kappa shape index (κ1) is 16.3. The number of aromatic nitrogens is 2. The van der Waals surface area contributed by atoms with E-state index in [1.54, 1.807) is 6.07 Å². The largest absolute Gasteiger partial charge is 0.379 e. The number of aryl methyl sites for hydroxylation is 2. The van der Waals surface area contributed by atoms with Crippen LogP contribution in [0.4, 0.5) is 11.4 Å². The molecule has 126 valence electrons. The van der Waals surface area contributed by atoms with E-state index >= 15 is 0 Å². The summed E-state index contributed by atoms with van der Waals surface area (Å²) in [5.74, 6) is 0. The normalized spacial score (nSPS) is 11.6. The average Bonchev–Trinajstić information content (AvgIpc) is 2.89. The molecule has 0 saturated carbocycles. The molecule has 0 aliphatic carbocycles. The Morgan fingerprint density at radius 1 is 1.17 bits per heavy atom. The number of rotatable bonds is 5. The van der Waals surface area contributed by atoms with Crippen LogP contribution in [0.2, 0.25) is 0 Å². The number of imidazole rings is 1. The van der Waals surface area contributed by atoms with Crippen molar-refractivity contribution in [3.63, 3.8) is 0 Å². The van der Waals surface area contributed by atoms with Crippen molar-refractivity contribution in [2.24, 2.45) is 0 Å². The van der Waals surface area contributed by atoms with Gasteiger partial charge in [-0.2, -0.15) is 0 Å². The maximum atomic E-state index is 11.4. The first-order valence-electron chi connectivity index (χ1n) is 7.57. The maximum absolute atomic E-state index is 11.4. The summed E-state index contributed by atoms with van der Waals surface area (Å²) >= 11 is 0. The van der Waals surface area contributed by atoms with Crippen molar-refractivity contribution < 1.29 is 8.42 Å². The van der Waals surface area contributed by atoms with Crippen molar-refractivity contribution in [3.05, 3.63) is 59.5 Å². The van der Waals surface area contributed by atoms with Crippen molar-refractivity contribution in [1.82, 2.24) is 9.38 Å². The highest BCUT2D eigenvalue weighted by molar-refractivity contribution is 7.92. The first-order valence-corrected chi connectivity index (χ1v) is 9.46. The van der Waals surface area contributed by atoms with Gasteiger partial charge in [0.15, 0.2) is 0 Å². The zero-order valence-corrected chi connectivity index (χ0v) is 14.7. The van der Waals surface area contributed by atoms with Gasteiger partial charge in [-0.15, -0.1) is 0 Å². The van der Waals surface area contributed by atoms with Crippen LogP contribution < -0.4 is 10.0 Å². The molecule has 0 aliphatic rings. The van der Waals surface area contributed by atoms with Crippen molar-refractivity contribution in [2.45, 2.75) is 20.4 Å².